The van der Waals surface area contributed by atoms with Gasteiger partial charge in [-0.05, 0) is 30.7 Å². The number of nitrogens with one attached hydrogen (secondary N) is 1. The van der Waals surface area contributed by atoms with Crippen molar-refractivity contribution in [1.29, 1.82) is 0 Å². The lowest BCUT2D eigenvalue weighted by Gasteiger charge is -2.32. The van der Waals surface area contributed by atoms with E-state index in [0.717, 1.165) is 18.7 Å². The van der Waals surface area contributed by atoms with Gasteiger partial charge in [-0.2, -0.15) is 0 Å². The summed E-state index contributed by atoms with van der Waals surface area (Å²) in [6.07, 6.45) is -0.428. The van der Waals surface area contributed by atoms with Gasteiger partial charge in [-0.1, -0.05) is 12.1 Å². The molecule has 20 heavy (non-hydrogen) atoms. The minimum Gasteiger partial charge on any atom is -0.497 e. The Kier molecular flexibility index (Phi) is 5.76. The van der Waals surface area contributed by atoms with Gasteiger partial charge in [-0.15, -0.1) is 0 Å². The van der Waals surface area contributed by atoms with E-state index in [4.69, 9.17) is 14.6 Å². The molecule has 1 fully saturated rings. The Balaban J connectivity index is 2.01. The molecule has 2 rings (SSSR count). The molecule has 112 valence electrons. The predicted octanol–water partition coefficient (Wildman–Crippen LogP) is 1.49. The van der Waals surface area contributed by atoms with E-state index >= 15 is 0 Å². The maximum atomic E-state index is 13.1. The first kappa shape index (κ1) is 15.2. The molecule has 5 heteroatoms. The van der Waals surface area contributed by atoms with Gasteiger partial charge in [-0.25, -0.2) is 4.39 Å². The van der Waals surface area contributed by atoms with Crippen molar-refractivity contribution in [3.05, 3.63) is 29.8 Å². The second-order valence-corrected chi connectivity index (χ2v) is 5.02. The SMILES string of the molecule is COc1ccc(C2CCNC[C@H]2OCC(F)CO)cc1. The highest BCUT2D eigenvalue weighted by molar-refractivity contribution is 5.30. The number of aliphatic hydroxyl groups excluding tert-OH is 1. The van der Waals surface area contributed by atoms with Crippen molar-refractivity contribution in [1.82, 2.24) is 5.32 Å². The van der Waals surface area contributed by atoms with Crippen LogP contribution in [0.5, 0.6) is 5.75 Å². The fourth-order valence-corrected chi connectivity index (χ4v) is 2.52. The zero-order valence-electron chi connectivity index (χ0n) is 11.7. The van der Waals surface area contributed by atoms with Crippen LogP contribution in [0.25, 0.3) is 0 Å². The van der Waals surface area contributed by atoms with Crippen LogP contribution in [0, 0.1) is 0 Å². The van der Waals surface area contributed by atoms with Gasteiger partial charge >= 0.3 is 0 Å². The largest absolute Gasteiger partial charge is 0.497 e. The average Bonchev–Trinajstić information content (AvgIpc) is 2.53. The summed E-state index contributed by atoms with van der Waals surface area (Å²) in [6, 6.07) is 7.93. The molecule has 0 spiro atoms. The Morgan fingerprint density at radius 3 is 2.80 bits per heavy atom. The van der Waals surface area contributed by atoms with Crippen molar-refractivity contribution in [2.75, 3.05) is 33.4 Å². The van der Waals surface area contributed by atoms with E-state index in [1.165, 1.54) is 5.56 Å². The lowest BCUT2D eigenvalue weighted by Crippen LogP contribution is -2.42. The van der Waals surface area contributed by atoms with Crippen molar-refractivity contribution in [2.24, 2.45) is 0 Å². The average molecular weight is 283 g/mol. The van der Waals surface area contributed by atoms with Gasteiger partial charge in [0.25, 0.3) is 0 Å². The number of alkyl halides is 1. The summed E-state index contributed by atoms with van der Waals surface area (Å²) in [4.78, 5) is 0. The molecule has 0 amide bonds. The molecule has 2 unspecified atom stereocenters. The van der Waals surface area contributed by atoms with Gasteiger partial charge in [0, 0.05) is 12.5 Å². The van der Waals surface area contributed by atoms with Crippen molar-refractivity contribution < 1.29 is 19.0 Å². The number of methoxy groups -OCH3 is 1. The Morgan fingerprint density at radius 1 is 1.40 bits per heavy atom. The molecule has 1 saturated heterocycles. The highest BCUT2D eigenvalue weighted by Gasteiger charge is 2.27. The van der Waals surface area contributed by atoms with Crippen LogP contribution >= 0.6 is 0 Å². The van der Waals surface area contributed by atoms with Crippen molar-refractivity contribution in [3.63, 3.8) is 0 Å². The topological polar surface area (TPSA) is 50.7 Å². The fraction of sp³-hybridized carbons (Fsp3) is 0.600. The van der Waals surface area contributed by atoms with Crippen LogP contribution < -0.4 is 10.1 Å². The molecule has 0 saturated carbocycles. The summed E-state index contributed by atoms with van der Waals surface area (Å²) in [5.74, 6) is 1.07. The number of hydrogen-bond acceptors (Lipinski definition) is 4. The first-order chi connectivity index (χ1) is 9.74. The maximum Gasteiger partial charge on any atom is 0.146 e. The van der Waals surface area contributed by atoms with Crippen LogP contribution in [0.3, 0.4) is 0 Å². The number of rotatable bonds is 6. The third-order valence-corrected chi connectivity index (χ3v) is 3.66. The second kappa shape index (κ2) is 7.57. The predicted molar refractivity (Wildman–Crippen MR) is 74.9 cm³/mol. The number of benzene rings is 1. The number of piperidine rings is 1. The monoisotopic (exact) mass is 283 g/mol. The van der Waals surface area contributed by atoms with E-state index in [-0.39, 0.29) is 18.6 Å². The second-order valence-electron chi connectivity index (χ2n) is 5.02. The molecule has 0 radical (unpaired) electrons. The van der Waals surface area contributed by atoms with Gasteiger partial charge in [-0.3, -0.25) is 0 Å². The molecule has 1 aliphatic rings. The van der Waals surface area contributed by atoms with Crippen LogP contribution in [-0.2, 0) is 4.74 Å². The quantitative estimate of drug-likeness (QED) is 0.830. The molecule has 0 aromatic heterocycles. The molecule has 1 aliphatic heterocycles. The molecule has 1 aromatic carbocycles. The number of halogens is 1. The van der Waals surface area contributed by atoms with Gasteiger partial charge in [0.15, 0.2) is 0 Å². The molecule has 4 nitrogen and oxygen atoms in total. The summed E-state index contributed by atoms with van der Waals surface area (Å²) in [7, 11) is 1.64. The van der Waals surface area contributed by atoms with Crippen molar-refractivity contribution in [3.8, 4) is 5.75 Å². The smallest absolute Gasteiger partial charge is 0.146 e. The Morgan fingerprint density at radius 2 is 2.15 bits per heavy atom. The first-order valence-corrected chi connectivity index (χ1v) is 6.95. The summed E-state index contributed by atoms with van der Waals surface area (Å²) in [5, 5.41) is 12.0. The Bertz CT molecular complexity index is 399. The van der Waals surface area contributed by atoms with Crippen LogP contribution in [0.15, 0.2) is 24.3 Å². The summed E-state index contributed by atoms with van der Waals surface area (Å²) in [6.45, 7) is 1.08. The maximum absolute atomic E-state index is 13.1. The normalized spacial score (nSPS) is 24.4. The van der Waals surface area contributed by atoms with Crippen LogP contribution in [0.4, 0.5) is 4.39 Å². The zero-order chi connectivity index (χ0) is 14.4. The van der Waals surface area contributed by atoms with Gasteiger partial charge in [0.2, 0.25) is 0 Å². The number of aliphatic hydroxyl groups is 1. The van der Waals surface area contributed by atoms with Crippen molar-refractivity contribution >= 4 is 0 Å². The molecule has 1 aromatic rings. The summed E-state index contributed by atoms with van der Waals surface area (Å²) < 4.78 is 23.9. The van der Waals surface area contributed by atoms with Crippen molar-refractivity contribution in [2.45, 2.75) is 24.6 Å². The van der Waals surface area contributed by atoms with E-state index in [2.05, 4.69) is 5.32 Å². The lowest BCUT2D eigenvalue weighted by molar-refractivity contribution is -0.0169. The minimum absolute atomic E-state index is 0.0600. The minimum atomic E-state index is -1.31. The Hall–Kier alpha value is -1.17. The van der Waals surface area contributed by atoms with Gasteiger partial charge < -0.3 is 19.9 Å². The highest BCUT2D eigenvalue weighted by atomic mass is 19.1. The third-order valence-electron chi connectivity index (χ3n) is 3.66. The molecule has 1 heterocycles. The standard InChI is InChI=1S/C15H22FNO3/c1-19-13-4-2-11(3-5-13)14-6-7-17-8-15(14)20-10-12(16)9-18/h2-5,12,14-15,17-18H,6-10H2,1H3/t12?,14?,15-/m1/s1. The van der Waals surface area contributed by atoms with Gasteiger partial charge in [0.1, 0.15) is 11.9 Å². The number of hydrogen-bond donors (Lipinski definition) is 2. The zero-order valence-corrected chi connectivity index (χ0v) is 11.7. The van der Waals surface area contributed by atoms with E-state index in [9.17, 15) is 4.39 Å². The number of ether oxygens (including phenoxy) is 2. The van der Waals surface area contributed by atoms with Crippen LogP contribution in [0.1, 0.15) is 17.9 Å². The Labute approximate surface area is 118 Å². The van der Waals surface area contributed by atoms with Gasteiger partial charge in [0.05, 0.1) is 26.4 Å². The molecule has 3 atom stereocenters. The molecular formula is C15H22FNO3. The summed E-state index contributed by atoms with van der Waals surface area (Å²) >= 11 is 0. The van der Waals surface area contributed by atoms with E-state index in [1.54, 1.807) is 7.11 Å². The molecule has 0 aliphatic carbocycles. The van der Waals surface area contributed by atoms with E-state index < -0.39 is 12.8 Å². The van der Waals surface area contributed by atoms with E-state index in [0.29, 0.717) is 6.54 Å². The highest BCUT2D eigenvalue weighted by Crippen LogP contribution is 2.29. The van der Waals surface area contributed by atoms with E-state index in [1.807, 2.05) is 24.3 Å². The van der Waals surface area contributed by atoms with Crippen LogP contribution in [-0.4, -0.2) is 50.8 Å². The molecule has 0 bridgehead atoms. The fourth-order valence-electron chi connectivity index (χ4n) is 2.52. The molecule has 2 N–H and O–H groups in total. The van der Waals surface area contributed by atoms with Crippen LogP contribution in [0.2, 0.25) is 0 Å². The lowest BCUT2D eigenvalue weighted by atomic mass is 9.87. The third kappa shape index (κ3) is 3.91. The summed E-state index contributed by atoms with van der Waals surface area (Å²) in [5.41, 5.74) is 1.18. The molecular weight excluding hydrogens is 261 g/mol. The first-order valence-electron chi connectivity index (χ1n) is 6.95.